The first-order chi connectivity index (χ1) is 11.8. The summed E-state index contributed by atoms with van der Waals surface area (Å²) in [7, 11) is 0. The molecule has 1 aliphatic rings. The Labute approximate surface area is 139 Å². The first kappa shape index (κ1) is 14.8. The number of pyridine rings is 1. The van der Waals surface area contributed by atoms with Crippen LogP contribution in [0.1, 0.15) is 0 Å². The van der Waals surface area contributed by atoms with E-state index in [9.17, 15) is 4.79 Å². The fraction of sp³-hybridized carbons (Fsp3) is 0.294. The second-order valence-corrected chi connectivity index (χ2v) is 6.05. The number of quaternary nitrogens is 1. The highest BCUT2D eigenvalue weighted by molar-refractivity contribution is 5.76. The summed E-state index contributed by atoms with van der Waals surface area (Å²) >= 11 is 0. The Kier molecular flexibility index (Phi) is 3.92. The standard InChI is InChI=1S/C17H18N6O/c24-17-14-5-1-2-6-15(14)19-20-23(17)13-21-9-11-22(12-10-21)16-7-3-4-8-18-16/h1-8H,9-13H2/p+2. The van der Waals surface area contributed by atoms with Crippen molar-refractivity contribution in [2.75, 3.05) is 31.1 Å². The Hall–Kier alpha value is -2.80. The summed E-state index contributed by atoms with van der Waals surface area (Å²) in [6.07, 6.45) is 1.94. The van der Waals surface area contributed by atoms with Crippen molar-refractivity contribution in [2.24, 2.45) is 0 Å². The molecule has 2 aromatic heterocycles. The molecule has 0 spiro atoms. The predicted molar refractivity (Wildman–Crippen MR) is 89.7 cm³/mol. The maximum atomic E-state index is 12.5. The third-order valence-electron chi connectivity index (χ3n) is 4.51. The molecule has 3 aromatic rings. The van der Waals surface area contributed by atoms with Gasteiger partial charge in [0.1, 0.15) is 31.7 Å². The molecule has 1 aliphatic heterocycles. The van der Waals surface area contributed by atoms with Crippen LogP contribution >= 0.6 is 0 Å². The molecule has 0 amide bonds. The maximum absolute atomic E-state index is 12.5. The molecule has 1 aromatic carbocycles. The Bertz CT molecular complexity index is 886. The normalized spacial score (nSPS) is 15.8. The predicted octanol–water partition coefficient (Wildman–Crippen LogP) is -1.03. The number of piperazine rings is 1. The molecule has 0 unspecified atom stereocenters. The van der Waals surface area contributed by atoms with Gasteiger partial charge in [-0.2, -0.15) is 4.68 Å². The Morgan fingerprint density at radius 1 is 1.08 bits per heavy atom. The van der Waals surface area contributed by atoms with Crippen LogP contribution in [0.2, 0.25) is 0 Å². The summed E-state index contributed by atoms with van der Waals surface area (Å²) in [6.45, 7) is 4.38. The van der Waals surface area contributed by atoms with Crippen molar-refractivity contribution in [3.8, 4) is 0 Å². The van der Waals surface area contributed by atoms with E-state index >= 15 is 0 Å². The van der Waals surface area contributed by atoms with Crippen LogP contribution < -0.4 is 20.3 Å². The van der Waals surface area contributed by atoms with Crippen LogP contribution in [0.4, 0.5) is 5.82 Å². The van der Waals surface area contributed by atoms with Gasteiger partial charge < -0.3 is 4.90 Å². The van der Waals surface area contributed by atoms with E-state index in [-0.39, 0.29) is 5.56 Å². The van der Waals surface area contributed by atoms with Crippen LogP contribution in [0.5, 0.6) is 0 Å². The Morgan fingerprint density at radius 3 is 2.67 bits per heavy atom. The van der Waals surface area contributed by atoms with Crippen molar-refractivity contribution < 1.29 is 9.88 Å². The van der Waals surface area contributed by atoms with E-state index in [4.69, 9.17) is 0 Å². The van der Waals surface area contributed by atoms with Crippen LogP contribution in [0.3, 0.4) is 0 Å². The minimum atomic E-state index is -0.0630. The van der Waals surface area contributed by atoms with Gasteiger partial charge in [0.2, 0.25) is 0 Å². The van der Waals surface area contributed by atoms with Crippen molar-refractivity contribution in [3.63, 3.8) is 0 Å². The van der Waals surface area contributed by atoms with Crippen LogP contribution in [-0.2, 0) is 6.67 Å². The zero-order valence-corrected chi connectivity index (χ0v) is 13.4. The molecule has 0 saturated carbocycles. The second kappa shape index (κ2) is 6.37. The third-order valence-corrected chi connectivity index (χ3v) is 4.51. The van der Waals surface area contributed by atoms with E-state index in [1.165, 1.54) is 9.58 Å². The zero-order valence-electron chi connectivity index (χ0n) is 13.4. The first-order valence-corrected chi connectivity index (χ1v) is 8.19. The molecule has 0 radical (unpaired) electrons. The van der Waals surface area contributed by atoms with Crippen molar-refractivity contribution in [2.45, 2.75) is 6.67 Å². The molecule has 4 rings (SSSR count). The smallest absolute Gasteiger partial charge is 0.282 e. The Balaban J connectivity index is 1.46. The van der Waals surface area contributed by atoms with Crippen molar-refractivity contribution >= 4 is 16.7 Å². The van der Waals surface area contributed by atoms with E-state index in [1.54, 1.807) is 6.07 Å². The molecule has 0 aliphatic carbocycles. The van der Waals surface area contributed by atoms with Gasteiger partial charge in [-0.05, 0) is 18.2 Å². The molecule has 7 nitrogen and oxygen atoms in total. The van der Waals surface area contributed by atoms with Gasteiger partial charge in [0, 0.05) is 6.07 Å². The van der Waals surface area contributed by atoms with Crippen molar-refractivity contribution in [3.05, 3.63) is 59.0 Å². The molecule has 24 heavy (non-hydrogen) atoms. The van der Waals surface area contributed by atoms with Gasteiger partial charge in [0.25, 0.3) is 11.4 Å². The van der Waals surface area contributed by atoms with Crippen molar-refractivity contribution in [1.29, 1.82) is 0 Å². The minimum Gasteiger partial charge on any atom is -0.310 e. The number of nitrogens with one attached hydrogen (secondary N) is 2. The van der Waals surface area contributed by atoms with Gasteiger partial charge in [-0.15, -0.1) is 5.10 Å². The van der Waals surface area contributed by atoms with E-state index in [2.05, 4.69) is 26.3 Å². The van der Waals surface area contributed by atoms with Gasteiger partial charge in [-0.3, -0.25) is 9.69 Å². The second-order valence-electron chi connectivity index (χ2n) is 6.05. The first-order valence-electron chi connectivity index (χ1n) is 8.19. The number of rotatable bonds is 3. The highest BCUT2D eigenvalue weighted by Crippen LogP contribution is 2.05. The van der Waals surface area contributed by atoms with Crippen LogP contribution in [0.25, 0.3) is 10.9 Å². The number of aromatic nitrogens is 4. The molecular formula is C17H20N6O+2. The number of nitrogens with zero attached hydrogens (tertiary/aromatic N) is 4. The SMILES string of the molecule is O=c1c2ccccc2nnn1C[NH+]1CCN(c2cccc[nH+]2)CC1. The topological polar surface area (TPSA) is 69.6 Å². The molecule has 1 fully saturated rings. The highest BCUT2D eigenvalue weighted by atomic mass is 16.1. The number of aromatic amines is 1. The fourth-order valence-electron chi connectivity index (χ4n) is 3.14. The average molecular weight is 324 g/mol. The number of benzene rings is 1. The highest BCUT2D eigenvalue weighted by Gasteiger charge is 2.26. The van der Waals surface area contributed by atoms with Crippen LogP contribution in [0.15, 0.2) is 53.5 Å². The van der Waals surface area contributed by atoms with Gasteiger partial charge in [-0.1, -0.05) is 23.4 Å². The summed E-state index contributed by atoms with van der Waals surface area (Å²) in [5.41, 5.74) is 0.588. The van der Waals surface area contributed by atoms with E-state index < -0.39 is 0 Å². The number of H-pyrrole nitrogens is 1. The lowest BCUT2D eigenvalue weighted by Crippen LogP contribution is -3.14. The molecule has 2 N–H and O–H groups in total. The molecular weight excluding hydrogens is 304 g/mol. The van der Waals surface area contributed by atoms with E-state index in [0.29, 0.717) is 17.6 Å². The maximum Gasteiger partial charge on any atom is 0.282 e. The molecule has 3 heterocycles. The zero-order chi connectivity index (χ0) is 16.4. The number of anilines is 1. The van der Waals surface area contributed by atoms with Crippen LogP contribution in [-0.4, -0.2) is 41.2 Å². The lowest BCUT2D eigenvalue weighted by Gasteiger charge is -2.28. The van der Waals surface area contributed by atoms with Crippen molar-refractivity contribution in [1.82, 2.24) is 15.0 Å². The molecule has 122 valence electrons. The number of hydrogen-bond acceptors (Lipinski definition) is 4. The molecule has 1 saturated heterocycles. The van der Waals surface area contributed by atoms with Crippen LogP contribution in [0, 0.1) is 0 Å². The third kappa shape index (κ3) is 2.85. The summed E-state index contributed by atoms with van der Waals surface area (Å²) in [5.74, 6) is 1.14. The lowest BCUT2D eigenvalue weighted by molar-refractivity contribution is -0.924. The largest absolute Gasteiger partial charge is 0.310 e. The van der Waals surface area contributed by atoms with Gasteiger partial charge in [-0.25, -0.2) is 4.98 Å². The summed E-state index contributed by atoms with van der Waals surface area (Å²) in [4.78, 5) is 19.5. The summed E-state index contributed by atoms with van der Waals surface area (Å²) < 4.78 is 1.49. The molecule has 7 heteroatoms. The monoisotopic (exact) mass is 324 g/mol. The fourth-order valence-corrected chi connectivity index (χ4v) is 3.14. The average Bonchev–Trinajstić information content (AvgIpc) is 2.66. The Morgan fingerprint density at radius 2 is 1.88 bits per heavy atom. The number of fused-ring (bicyclic) bond motifs is 1. The van der Waals surface area contributed by atoms with Gasteiger partial charge in [0.15, 0.2) is 6.67 Å². The van der Waals surface area contributed by atoms with Gasteiger partial charge >= 0.3 is 0 Å². The van der Waals surface area contributed by atoms with E-state index in [0.717, 1.165) is 32.0 Å². The summed E-state index contributed by atoms with van der Waals surface area (Å²) in [6, 6.07) is 13.5. The molecule has 0 atom stereocenters. The van der Waals surface area contributed by atoms with Gasteiger partial charge in [0.05, 0.1) is 11.6 Å². The molecule has 0 bridgehead atoms. The quantitative estimate of drug-likeness (QED) is 0.669. The summed E-state index contributed by atoms with van der Waals surface area (Å²) in [5, 5.41) is 8.87. The number of hydrogen-bond donors (Lipinski definition) is 1. The minimum absolute atomic E-state index is 0.0630. The lowest BCUT2D eigenvalue weighted by atomic mass is 10.2. The van der Waals surface area contributed by atoms with E-state index in [1.807, 2.05) is 36.5 Å².